The van der Waals surface area contributed by atoms with Crippen LogP contribution in [0.1, 0.15) is 11.5 Å². The van der Waals surface area contributed by atoms with Crippen LogP contribution in [0.5, 0.6) is 0 Å². The minimum Gasteiger partial charge on any atom is -0.441 e. The Morgan fingerprint density at radius 1 is 1.29 bits per heavy atom. The molecule has 2 aromatic carbocycles. The molecule has 0 saturated heterocycles. The number of hydrogen-bond donors (Lipinski definition) is 1. The molecule has 3 rings (SSSR count). The number of carbonyl (C=O) groups excluding carboxylic acids is 1. The van der Waals surface area contributed by atoms with E-state index in [2.05, 4.69) is 10.3 Å². The molecule has 1 amide bonds. The van der Waals surface area contributed by atoms with E-state index in [1.165, 1.54) is 12.1 Å². The van der Waals surface area contributed by atoms with Gasteiger partial charge in [-0.15, -0.1) is 0 Å². The molecule has 0 fully saturated rings. The van der Waals surface area contributed by atoms with Gasteiger partial charge in [0.1, 0.15) is 11.3 Å². The molecular formula is C16H13FN2O2. The average molecular weight is 284 g/mol. The number of rotatable bonds is 3. The number of oxazole rings is 1. The first-order valence-electron chi connectivity index (χ1n) is 6.52. The van der Waals surface area contributed by atoms with Crippen LogP contribution in [0.25, 0.3) is 11.1 Å². The van der Waals surface area contributed by atoms with Gasteiger partial charge < -0.3 is 9.73 Å². The van der Waals surface area contributed by atoms with E-state index in [1.54, 1.807) is 37.3 Å². The van der Waals surface area contributed by atoms with Crippen molar-refractivity contribution in [3.8, 4) is 0 Å². The molecule has 0 spiro atoms. The SMILES string of the molecule is Cc1nc2cc(NC(=O)Cc3cccc(F)c3)ccc2o1. The molecule has 0 aliphatic heterocycles. The molecule has 106 valence electrons. The number of aryl methyl sites for hydroxylation is 1. The van der Waals surface area contributed by atoms with Gasteiger partial charge in [0.2, 0.25) is 5.91 Å². The number of halogens is 1. The monoisotopic (exact) mass is 284 g/mol. The Morgan fingerprint density at radius 2 is 2.14 bits per heavy atom. The first kappa shape index (κ1) is 13.3. The van der Waals surface area contributed by atoms with Crippen molar-refractivity contribution < 1.29 is 13.6 Å². The quantitative estimate of drug-likeness (QED) is 0.801. The Hall–Kier alpha value is -2.69. The molecule has 3 aromatic rings. The molecule has 0 saturated carbocycles. The Morgan fingerprint density at radius 3 is 2.95 bits per heavy atom. The second kappa shape index (κ2) is 5.36. The number of fused-ring (bicyclic) bond motifs is 1. The predicted octanol–water partition coefficient (Wildman–Crippen LogP) is 3.46. The molecule has 0 radical (unpaired) electrons. The average Bonchev–Trinajstić information content (AvgIpc) is 2.78. The Kier molecular flexibility index (Phi) is 3.39. The predicted molar refractivity (Wildman–Crippen MR) is 77.5 cm³/mol. The van der Waals surface area contributed by atoms with E-state index in [9.17, 15) is 9.18 Å². The van der Waals surface area contributed by atoms with Crippen molar-refractivity contribution in [2.75, 3.05) is 5.32 Å². The van der Waals surface area contributed by atoms with E-state index in [-0.39, 0.29) is 18.1 Å². The Balaban J connectivity index is 1.73. The van der Waals surface area contributed by atoms with Gasteiger partial charge in [0.25, 0.3) is 0 Å². The van der Waals surface area contributed by atoms with Crippen molar-refractivity contribution in [3.63, 3.8) is 0 Å². The summed E-state index contributed by atoms with van der Waals surface area (Å²) in [7, 11) is 0. The van der Waals surface area contributed by atoms with Crippen LogP contribution in [0.3, 0.4) is 0 Å². The lowest BCUT2D eigenvalue weighted by molar-refractivity contribution is -0.115. The summed E-state index contributed by atoms with van der Waals surface area (Å²) >= 11 is 0. The molecule has 1 heterocycles. The molecule has 0 aliphatic rings. The lowest BCUT2D eigenvalue weighted by Crippen LogP contribution is -2.14. The van der Waals surface area contributed by atoms with Crippen LogP contribution in [0.4, 0.5) is 10.1 Å². The fourth-order valence-corrected chi connectivity index (χ4v) is 2.16. The maximum Gasteiger partial charge on any atom is 0.228 e. The third-order valence-corrected chi connectivity index (χ3v) is 3.03. The van der Waals surface area contributed by atoms with Crippen LogP contribution in [0.2, 0.25) is 0 Å². The van der Waals surface area contributed by atoms with Crippen LogP contribution in [0, 0.1) is 12.7 Å². The van der Waals surface area contributed by atoms with Crippen molar-refractivity contribution in [2.45, 2.75) is 13.3 Å². The van der Waals surface area contributed by atoms with Gasteiger partial charge in [-0.3, -0.25) is 4.79 Å². The number of anilines is 1. The zero-order valence-electron chi connectivity index (χ0n) is 11.4. The smallest absolute Gasteiger partial charge is 0.228 e. The molecule has 0 bridgehead atoms. The van der Waals surface area contributed by atoms with E-state index >= 15 is 0 Å². The molecule has 0 unspecified atom stereocenters. The number of aromatic nitrogens is 1. The topological polar surface area (TPSA) is 55.1 Å². The van der Waals surface area contributed by atoms with Crippen molar-refractivity contribution in [1.29, 1.82) is 0 Å². The van der Waals surface area contributed by atoms with Gasteiger partial charge in [0.15, 0.2) is 11.5 Å². The van der Waals surface area contributed by atoms with Crippen LogP contribution >= 0.6 is 0 Å². The molecule has 1 N–H and O–H groups in total. The molecule has 0 atom stereocenters. The van der Waals surface area contributed by atoms with Gasteiger partial charge in [0.05, 0.1) is 6.42 Å². The molecule has 1 aromatic heterocycles. The van der Waals surface area contributed by atoms with Gasteiger partial charge >= 0.3 is 0 Å². The zero-order chi connectivity index (χ0) is 14.8. The lowest BCUT2D eigenvalue weighted by Gasteiger charge is -2.05. The molecule has 5 heteroatoms. The summed E-state index contributed by atoms with van der Waals surface area (Å²) in [6, 6.07) is 11.2. The van der Waals surface area contributed by atoms with Gasteiger partial charge in [-0.05, 0) is 35.9 Å². The number of nitrogens with zero attached hydrogens (tertiary/aromatic N) is 1. The summed E-state index contributed by atoms with van der Waals surface area (Å²) in [4.78, 5) is 16.2. The van der Waals surface area contributed by atoms with Crippen molar-refractivity contribution in [2.24, 2.45) is 0 Å². The number of hydrogen-bond acceptors (Lipinski definition) is 3. The van der Waals surface area contributed by atoms with Crippen LogP contribution in [-0.2, 0) is 11.2 Å². The minimum absolute atomic E-state index is 0.119. The highest BCUT2D eigenvalue weighted by Crippen LogP contribution is 2.19. The number of benzene rings is 2. The van der Waals surface area contributed by atoms with Crippen LogP contribution < -0.4 is 5.32 Å². The second-order valence-electron chi connectivity index (χ2n) is 4.77. The van der Waals surface area contributed by atoms with Gasteiger partial charge in [-0.25, -0.2) is 9.37 Å². The fraction of sp³-hybridized carbons (Fsp3) is 0.125. The standard InChI is InChI=1S/C16H13FN2O2/c1-10-18-14-9-13(5-6-15(14)21-10)19-16(20)8-11-3-2-4-12(17)7-11/h2-7,9H,8H2,1H3,(H,19,20). The lowest BCUT2D eigenvalue weighted by atomic mass is 10.1. The van der Waals surface area contributed by atoms with Crippen molar-refractivity contribution >= 4 is 22.7 Å². The Labute approximate surface area is 120 Å². The third-order valence-electron chi connectivity index (χ3n) is 3.03. The van der Waals surface area contributed by atoms with E-state index in [0.29, 0.717) is 28.2 Å². The summed E-state index contributed by atoms with van der Waals surface area (Å²) in [5.41, 5.74) is 2.63. The fourth-order valence-electron chi connectivity index (χ4n) is 2.16. The van der Waals surface area contributed by atoms with Gasteiger partial charge in [-0.2, -0.15) is 0 Å². The van der Waals surface area contributed by atoms with E-state index in [4.69, 9.17) is 4.42 Å². The molecular weight excluding hydrogens is 271 g/mol. The second-order valence-corrected chi connectivity index (χ2v) is 4.77. The highest BCUT2D eigenvalue weighted by molar-refractivity contribution is 5.94. The van der Waals surface area contributed by atoms with Gasteiger partial charge in [0, 0.05) is 12.6 Å². The molecule has 21 heavy (non-hydrogen) atoms. The summed E-state index contributed by atoms with van der Waals surface area (Å²) in [6.07, 6.45) is 0.119. The number of amides is 1. The van der Waals surface area contributed by atoms with E-state index < -0.39 is 0 Å². The van der Waals surface area contributed by atoms with Crippen molar-refractivity contribution in [3.05, 3.63) is 59.7 Å². The summed E-state index contributed by atoms with van der Waals surface area (Å²) in [5, 5.41) is 2.77. The molecule has 0 aliphatic carbocycles. The summed E-state index contributed by atoms with van der Waals surface area (Å²) < 4.78 is 18.4. The van der Waals surface area contributed by atoms with Crippen molar-refractivity contribution in [1.82, 2.24) is 4.98 Å². The minimum atomic E-state index is -0.347. The Bertz CT molecular complexity index is 811. The molecule has 4 nitrogen and oxygen atoms in total. The van der Waals surface area contributed by atoms with E-state index in [0.717, 1.165) is 0 Å². The normalized spacial score (nSPS) is 10.8. The third kappa shape index (κ3) is 3.08. The number of nitrogens with one attached hydrogen (secondary N) is 1. The van der Waals surface area contributed by atoms with E-state index in [1.807, 2.05) is 0 Å². The van der Waals surface area contributed by atoms with Gasteiger partial charge in [-0.1, -0.05) is 12.1 Å². The maximum atomic E-state index is 13.1. The first-order chi connectivity index (χ1) is 10.1. The number of carbonyl (C=O) groups is 1. The maximum absolute atomic E-state index is 13.1. The summed E-state index contributed by atoms with van der Waals surface area (Å²) in [6.45, 7) is 1.77. The van der Waals surface area contributed by atoms with Crippen LogP contribution in [0.15, 0.2) is 46.9 Å². The zero-order valence-corrected chi connectivity index (χ0v) is 11.4. The largest absolute Gasteiger partial charge is 0.441 e. The highest BCUT2D eigenvalue weighted by Gasteiger charge is 2.07. The highest BCUT2D eigenvalue weighted by atomic mass is 19.1. The first-order valence-corrected chi connectivity index (χ1v) is 6.52. The van der Waals surface area contributed by atoms with Crippen LogP contribution in [-0.4, -0.2) is 10.9 Å². The summed E-state index contributed by atoms with van der Waals surface area (Å²) in [5.74, 6) is 0.0215.